The average Bonchev–Trinajstić information content (AvgIpc) is 2.16. The molecule has 0 aliphatic heterocycles. The second kappa shape index (κ2) is 5.47. The molecule has 0 saturated carbocycles. The first-order valence-corrected chi connectivity index (χ1v) is 5.56. The van der Waals surface area contributed by atoms with E-state index in [4.69, 9.17) is 23.2 Å². The summed E-state index contributed by atoms with van der Waals surface area (Å²) < 4.78 is 0. The Bertz CT molecular complexity index is 312. The van der Waals surface area contributed by atoms with Gasteiger partial charge < -0.3 is 4.90 Å². The van der Waals surface area contributed by atoms with Gasteiger partial charge in [-0.2, -0.15) is 15.0 Å². The molecule has 1 unspecified atom stereocenters. The molecule has 0 radical (unpaired) electrons. The van der Waals surface area contributed by atoms with Gasteiger partial charge in [0.15, 0.2) is 0 Å². The van der Waals surface area contributed by atoms with Gasteiger partial charge in [-0.25, -0.2) is 0 Å². The monoisotopic (exact) mass is 248 g/mol. The van der Waals surface area contributed by atoms with Crippen LogP contribution in [0.2, 0.25) is 10.6 Å². The molecule has 0 spiro atoms. The van der Waals surface area contributed by atoms with Crippen molar-refractivity contribution in [2.24, 2.45) is 5.92 Å². The normalized spacial score (nSPS) is 12.6. The minimum atomic E-state index is 0.126. The summed E-state index contributed by atoms with van der Waals surface area (Å²) >= 11 is 11.4. The van der Waals surface area contributed by atoms with E-state index in [1.54, 1.807) is 0 Å². The molecule has 0 N–H and O–H groups in total. The van der Waals surface area contributed by atoms with Crippen LogP contribution in [0.25, 0.3) is 0 Å². The molecule has 1 aromatic rings. The maximum atomic E-state index is 5.69. The molecule has 1 atom stereocenters. The summed E-state index contributed by atoms with van der Waals surface area (Å²) in [6.07, 6.45) is 1.11. The quantitative estimate of drug-likeness (QED) is 0.822. The number of halogens is 2. The van der Waals surface area contributed by atoms with Crippen LogP contribution in [0.15, 0.2) is 0 Å². The van der Waals surface area contributed by atoms with Crippen molar-refractivity contribution in [1.29, 1.82) is 0 Å². The summed E-state index contributed by atoms with van der Waals surface area (Å²) in [4.78, 5) is 13.6. The molecule has 1 rings (SSSR count). The highest BCUT2D eigenvalue weighted by Gasteiger charge is 2.10. The van der Waals surface area contributed by atoms with Crippen molar-refractivity contribution in [2.45, 2.75) is 20.3 Å². The Labute approximate surface area is 99.6 Å². The Morgan fingerprint density at radius 2 is 1.73 bits per heavy atom. The van der Waals surface area contributed by atoms with Crippen LogP contribution < -0.4 is 4.90 Å². The Morgan fingerprint density at radius 1 is 1.20 bits per heavy atom. The number of aromatic nitrogens is 3. The fourth-order valence-electron chi connectivity index (χ4n) is 1.17. The zero-order valence-electron chi connectivity index (χ0n) is 9.04. The van der Waals surface area contributed by atoms with Crippen molar-refractivity contribution in [3.63, 3.8) is 0 Å². The van der Waals surface area contributed by atoms with E-state index in [-0.39, 0.29) is 10.6 Å². The van der Waals surface area contributed by atoms with Crippen LogP contribution in [0.1, 0.15) is 20.3 Å². The fraction of sp³-hybridized carbons (Fsp3) is 0.667. The zero-order valence-corrected chi connectivity index (χ0v) is 10.5. The molecule has 0 saturated heterocycles. The van der Waals surface area contributed by atoms with E-state index in [0.717, 1.165) is 13.0 Å². The zero-order chi connectivity index (χ0) is 11.4. The van der Waals surface area contributed by atoms with Gasteiger partial charge in [0.1, 0.15) is 0 Å². The molecular weight excluding hydrogens is 235 g/mol. The Kier molecular flexibility index (Phi) is 4.54. The third-order valence-electron chi connectivity index (χ3n) is 2.19. The molecule has 4 nitrogen and oxygen atoms in total. The number of nitrogens with zero attached hydrogens (tertiary/aromatic N) is 4. The second-order valence-corrected chi connectivity index (χ2v) is 4.24. The number of anilines is 1. The first-order chi connectivity index (χ1) is 7.02. The van der Waals surface area contributed by atoms with E-state index in [2.05, 4.69) is 28.8 Å². The molecule has 1 heterocycles. The van der Waals surface area contributed by atoms with Crippen molar-refractivity contribution in [3.05, 3.63) is 10.6 Å². The highest BCUT2D eigenvalue weighted by Crippen LogP contribution is 2.14. The molecular formula is C9H14Cl2N4. The SMILES string of the molecule is CCC(C)CN(C)c1nc(Cl)nc(Cl)n1. The molecule has 1 aromatic heterocycles. The van der Waals surface area contributed by atoms with Crippen molar-refractivity contribution in [2.75, 3.05) is 18.5 Å². The third-order valence-corrected chi connectivity index (χ3v) is 2.53. The van der Waals surface area contributed by atoms with E-state index in [1.165, 1.54) is 0 Å². The van der Waals surface area contributed by atoms with E-state index < -0.39 is 0 Å². The van der Waals surface area contributed by atoms with Gasteiger partial charge in [-0.15, -0.1) is 0 Å². The molecule has 15 heavy (non-hydrogen) atoms. The predicted molar refractivity (Wildman–Crippen MR) is 62.6 cm³/mol. The Morgan fingerprint density at radius 3 is 2.20 bits per heavy atom. The number of hydrogen-bond acceptors (Lipinski definition) is 4. The van der Waals surface area contributed by atoms with Gasteiger partial charge in [0.25, 0.3) is 0 Å². The van der Waals surface area contributed by atoms with Crippen molar-refractivity contribution in [3.8, 4) is 0 Å². The van der Waals surface area contributed by atoms with E-state index in [0.29, 0.717) is 11.9 Å². The lowest BCUT2D eigenvalue weighted by Gasteiger charge is -2.20. The van der Waals surface area contributed by atoms with Gasteiger partial charge in [0.2, 0.25) is 16.5 Å². The first-order valence-electron chi connectivity index (χ1n) is 4.81. The van der Waals surface area contributed by atoms with Gasteiger partial charge in [-0.05, 0) is 29.1 Å². The lowest BCUT2D eigenvalue weighted by Crippen LogP contribution is -2.25. The third kappa shape index (κ3) is 3.80. The topological polar surface area (TPSA) is 41.9 Å². The van der Waals surface area contributed by atoms with Crippen LogP contribution in [0.3, 0.4) is 0 Å². The fourth-order valence-corrected chi connectivity index (χ4v) is 1.52. The molecule has 0 bridgehead atoms. The molecule has 0 aliphatic rings. The van der Waals surface area contributed by atoms with Gasteiger partial charge >= 0.3 is 0 Å². The van der Waals surface area contributed by atoms with Crippen molar-refractivity contribution in [1.82, 2.24) is 15.0 Å². The number of rotatable bonds is 4. The average molecular weight is 249 g/mol. The van der Waals surface area contributed by atoms with Gasteiger partial charge in [0, 0.05) is 13.6 Å². The molecule has 84 valence electrons. The maximum Gasteiger partial charge on any atom is 0.230 e. The summed E-state index contributed by atoms with van der Waals surface area (Å²) in [6, 6.07) is 0. The Balaban J connectivity index is 2.77. The van der Waals surface area contributed by atoms with Gasteiger partial charge in [0.05, 0.1) is 0 Å². The van der Waals surface area contributed by atoms with E-state index in [1.807, 2.05) is 11.9 Å². The lowest BCUT2D eigenvalue weighted by atomic mass is 10.1. The van der Waals surface area contributed by atoms with Crippen LogP contribution >= 0.6 is 23.2 Å². The molecule has 0 aromatic carbocycles. The first kappa shape index (κ1) is 12.5. The summed E-state index contributed by atoms with van der Waals surface area (Å²) in [5, 5.41) is 0.252. The molecule has 0 aliphatic carbocycles. The minimum Gasteiger partial charge on any atom is -0.343 e. The maximum absolute atomic E-state index is 5.69. The highest BCUT2D eigenvalue weighted by molar-refractivity contribution is 6.31. The molecule has 0 fully saturated rings. The van der Waals surface area contributed by atoms with Crippen LogP contribution in [-0.2, 0) is 0 Å². The molecule has 6 heteroatoms. The second-order valence-electron chi connectivity index (χ2n) is 3.57. The molecule has 0 amide bonds. The van der Waals surface area contributed by atoms with Crippen LogP contribution in [0.5, 0.6) is 0 Å². The minimum absolute atomic E-state index is 0.126. The van der Waals surface area contributed by atoms with Crippen LogP contribution in [0, 0.1) is 5.92 Å². The standard InChI is InChI=1S/C9H14Cl2N4/c1-4-6(2)5-15(3)9-13-7(10)12-8(11)14-9/h6H,4-5H2,1-3H3. The largest absolute Gasteiger partial charge is 0.343 e. The van der Waals surface area contributed by atoms with E-state index in [9.17, 15) is 0 Å². The van der Waals surface area contributed by atoms with Crippen molar-refractivity contribution < 1.29 is 0 Å². The Hall–Kier alpha value is -0.610. The van der Waals surface area contributed by atoms with E-state index >= 15 is 0 Å². The smallest absolute Gasteiger partial charge is 0.230 e. The summed E-state index contributed by atoms with van der Waals surface area (Å²) in [5.74, 6) is 1.09. The number of hydrogen-bond donors (Lipinski definition) is 0. The van der Waals surface area contributed by atoms with Crippen molar-refractivity contribution >= 4 is 29.2 Å². The van der Waals surface area contributed by atoms with Gasteiger partial charge in [-0.3, -0.25) is 0 Å². The van der Waals surface area contributed by atoms with Crippen LogP contribution in [-0.4, -0.2) is 28.5 Å². The summed E-state index contributed by atoms with van der Waals surface area (Å²) in [7, 11) is 1.91. The highest BCUT2D eigenvalue weighted by atomic mass is 35.5. The summed E-state index contributed by atoms with van der Waals surface area (Å²) in [5.41, 5.74) is 0. The van der Waals surface area contributed by atoms with Crippen LogP contribution in [0.4, 0.5) is 5.95 Å². The lowest BCUT2D eigenvalue weighted by molar-refractivity contribution is 0.554. The predicted octanol–water partition coefficient (Wildman–Crippen LogP) is 2.66. The summed E-state index contributed by atoms with van der Waals surface area (Å²) in [6.45, 7) is 5.18. The van der Waals surface area contributed by atoms with Gasteiger partial charge in [-0.1, -0.05) is 20.3 Å².